The first-order valence-corrected chi connectivity index (χ1v) is 10.4. The van der Waals surface area contributed by atoms with Crippen molar-refractivity contribution in [2.75, 3.05) is 49.6 Å². The van der Waals surface area contributed by atoms with Crippen LogP contribution in [-0.2, 0) is 14.6 Å². The fraction of sp³-hybridized carbons (Fsp3) is 0.688. The highest BCUT2D eigenvalue weighted by Crippen LogP contribution is 2.19. The Bertz CT molecular complexity index is 704. The van der Waals surface area contributed by atoms with Gasteiger partial charge < -0.3 is 9.80 Å². The van der Waals surface area contributed by atoms with Crippen molar-refractivity contribution in [2.24, 2.45) is 0 Å². The van der Waals surface area contributed by atoms with Gasteiger partial charge in [0.25, 0.3) is 0 Å². The number of hydrogen-bond acceptors (Lipinski definition) is 7. The second-order valence-electron chi connectivity index (χ2n) is 6.77. The molecule has 3 heterocycles. The first-order chi connectivity index (χ1) is 11.9. The van der Waals surface area contributed by atoms with E-state index in [-0.39, 0.29) is 29.5 Å². The van der Waals surface area contributed by atoms with Gasteiger partial charge in [-0.1, -0.05) is 0 Å². The monoisotopic (exact) mass is 367 g/mol. The van der Waals surface area contributed by atoms with Crippen LogP contribution in [0.2, 0.25) is 0 Å². The Labute approximate surface area is 148 Å². The molecule has 2 saturated heterocycles. The first-order valence-electron chi connectivity index (χ1n) is 8.59. The van der Waals surface area contributed by atoms with Crippen LogP contribution in [0.5, 0.6) is 0 Å². The molecule has 0 aromatic carbocycles. The van der Waals surface area contributed by atoms with Crippen molar-refractivity contribution in [3.05, 3.63) is 18.6 Å². The summed E-state index contributed by atoms with van der Waals surface area (Å²) in [6.07, 6.45) is 5.62. The zero-order valence-electron chi connectivity index (χ0n) is 14.7. The molecule has 1 aromatic rings. The van der Waals surface area contributed by atoms with Gasteiger partial charge in [0.2, 0.25) is 5.91 Å². The predicted octanol–water partition coefficient (Wildman–Crippen LogP) is -0.367. The molecule has 0 bridgehead atoms. The Balaban J connectivity index is 1.55. The molecule has 0 spiro atoms. The van der Waals surface area contributed by atoms with E-state index >= 15 is 0 Å². The quantitative estimate of drug-likeness (QED) is 0.718. The third-order valence-electron chi connectivity index (χ3n) is 5.20. The number of hydrogen-bond donors (Lipinski definition) is 0. The van der Waals surface area contributed by atoms with Gasteiger partial charge in [0.15, 0.2) is 9.84 Å². The summed E-state index contributed by atoms with van der Waals surface area (Å²) in [6.45, 7) is 5.01. The number of amides is 1. The maximum atomic E-state index is 12.7. The molecule has 1 aromatic heterocycles. The summed E-state index contributed by atoms with van der Waals surface area (Å²) >= 11 is 0. The number of carbonyl (C=O) groups excluding carboxylic acids is 1. The van der Waals surface area contributed by atoms with E-state index < -0.39 is 9.84 Å². The predicted molar refractivity (Wildman–Crippen MR) is 95.1 cm³/mol. The van der Waals surface area contributed by atoms with Crippen LogP contribution < -0.4 is 4.90 Å². The van der Waals surface area contributed by atoms with Crippen LogP contribution in [0.3, 0.4) is 0 Å². The highest BCUT2D eigenvalue weighted by molar-refractivity contribution is 7.91. The molecule has 8 nitrogen and oxygen atoms in total. The molecule has 3 rings (SSSR count). The molecule has 1 amide bonds. The summed E-state index contributed by atoms with van der Waals surface area (Å²) < 4.78 is 23.3. The molecule has 0 unspecified atom stereocenters. The SMILES string of the molecule is C[C@H](C(=O)N(C)[C@@H]1CCS(=O)(=O)C1)N1CCN(c2cnccn2)CC1. The Morgan fingerprint density at radius 3 is 2.56 bits per heavy atom. The second-order valence-corrected chi connectivity index (χ2v) is 9.00. The van der Waals surface area contributed by atoms with Crippen molar-refractivity contribution < 1.29 is 13.2 Å². The minimum absolute atomic E-state index is 0.00458. The smallest absolute Gasteiger partial charge is 0.239 e. The minimum Gasteiger partial charge on any atom is -0.353 e. The van der Waals surface area contributed by atoms with E-state index in [0.717, 1.165) is 32.0 Å². The zero-order valence-corrected chi connectivity index (χ0v) is 15.5. The number of aromatic nitrogens is 2. The number of piperazine rings is 1. The van der Waals surface area contributed by atoms with Gasteiger partial charge in [-0.2, -0.15) is 0 Å². The van der Waals surface area contributed by atoms with E-state index in [1.54, 1.807) is 30.5 Å². The molecule has 138 valence electrons. The fourth-order valence-electron chi connectivity index (χ4n) is 3.50. The van der Waals surface area contributed by atoms with Crippen molar-refractivity contribution in [3.63, 3.8) is 0 Å². The third-order valence-corrected chi connectivity index (χ3v) is 6.95. The molecular weight excluding hydrogens is 342 g/mol. The molecule has 2 aliphatic heterocycles. The maximum Gasteiger partial charge on any atom is 0.239 e. The van der Waals surface area contributed by atoms with Gasteiger partial charge >= 0.3 is 0 Å². The number of sulfone groups is 1. The van der Waals surface area contributed by atoms with Gasteiger partial charge in [-0.3, -0.25) is 14.7 Å². The van der Waals surface area contributed by atoms with Crippen LogP contribution in [0, 0.1) is 0 Å². The largest absolute Gasteiger partial charge is 0.353 e. The van der Waals surface area contributed by atoms with E-state index in [1.807, 2.05) is 6.92 Å². The molecule has 0 N–H and O–H groups in total. The number of nitrogens with zero attached hydrogens (tertiary/aromatic N) is 5. The topological polar surface area (TPSA) is 86.7 Å². The third kappa shape index (κ3) is 4.09. The summed E-state index contributed by atoms with van der Waals surface area (Å²) in [5, 5.41) is 0. The average molecular weight is 367 g/mol. The van der Waals surface area contributed by atoms with E-state index in [0.29, 0.717) is 6.42 Å². The summed E-state index contributed by atoms with van der Waals surface area (Å²) in [4.78, 5) is 27.1. The summed E-state index contributed by atoms with van der Waals surface area (Å²) in [5.74, 6) is 1.12. The van der Waals surface area contributed by atoms with Gasteiger partial charge in [0.05, 0.1) is 23.7 Å². The van der Waals surface area contributed by atoms with Crippen molar-refractivity contribution >= 4 is 21.6 Å². The van der Waals surface area contributed by atoms with Gasteiger partial charge in [0, 0.05) is 51.7 Å². The normalized spacial score (nSPS) is 24.9. The van der Waals surface area contributed by atoms with Crippen LogP contribution in [-0.4, -0.2) is 90.9 Å². The van der Waals surface area contributed by atoms with Crippen molar-refractivity contribution in [2.45, 2.75) is 25.4 Å². The first kappa shape index (κ1) is 18.1. The van der Waals surface area contributed by atoms with Gasteiger partial charge in [-0.05, 0) is 13.3 Å². The van der Waals surface area contributed by atoms with Crippen LogP contribution in [0.1, 0.15) is 13.3 Å². The van der Waals surface area contributed by atoms with Gasteiger partial charge in [0.1, 0.15) is 5.82 Å². The number of carbonyl (C=O) groups is 1. The average Bonchev–Trinajstić information content (AvgIpc) is 3.00. The number of anilines is 1. The van der Waals surface area contributed by atoms with Crippen molar-refractivity contribution in [1.82, 2.24) is 19.8 Å². The number of likely N-dealkylation sites (N-methyl/N-ethyl adjacent to an activating group) is 1. The lowest BCUT2D eigenvalue weighted by Crippen LogP contribution is -2.55. The van der Waals surface area contributed by atoms with E-state index in [1.165, 1.54) is 0 Å². The van der Waals surface area contributed by atoms with Crippen LogP contribution >= 0.6 is 0 Å². The zero-order chi connectivity index (χ0) is 18.0. The lowest BCUT2D eigenvalue weighted by Gasteiger charge is -2.39. The molecular formula is C16H25N5O3S. The Kier molecular flexibility index (Phi) is 5.24. The molecule has 0 saturated carbocycles. The van der Waals surface area contributed by atoms with Crippen LogP contribution in [0.15, 0.2) is 18.6 Å². The second kappa shape index (κ2) is 7.25. The summed E-state index contributed by atoms with van der Waals surface area (Å²) in [7, 11) is -1.27. The summed E-state index contributed by atoms with van der Waals surface area (Å²) in [6, 6.07) is -0.446. The van der Waals surface area contributed by atoms with Crippen LogP contribution in [0.4, 0.5) is 5.82 Å². The Morgan fingerprint density at radius 1 is 1.28 bits per heavy atom. The highest BCUT2D eigenvalue weighted by atomic mass is 32.2. The molecule has 25 heavy (non-hydrogen) atoms. The fourth-order valence-corrected chi connectivity index (χ4v) is 5.28. The number of rotatable bonds is 4. The Morgan fingerprint density at radius 2 is 2.00 bits per heavy atom. The summed E-state index contributed by atoms with van der Waals surface area (Å²) in [5.41, 5.74) is 0. The lowest BCUT2D eigenvalue weighted by molar-refractivity contribution is -0.136. The van der Waals surface area contributed by atoms with Crippen LogP contribution in [0.25, 0.3) is 0 Å². The maximum absolute atomic E-state index is 12.7. The Hall–Kier alpha value is -1.74. The molecule has 2 atom stereocenters. The lowest BCUT2D eigenvalue weighted by atomic mass is 10.1. The van der Waals surface area contributed by atoms with Gasteiger partial charge in [-0.15, -0.1) is 0 Å². The molecule has 0 aliphatic carbocycles. The van der Waals surface area contributed by atoms with Crippen molar-refractivity contribution in [3.8, 4) is 0 Å². The molecule has 9 heteroatoms. The highest BCUT2D eigenvalue weighted by Gasteiger charge is 2.36. The van der Waals surface area contributed by atoms with Gasteiger partial charge in [-0.25, -0.2) is 13.4 Å². The van der Waals surface area contributed by atoms with Crippen molar-refractivity contribution in [1.29, 1.82) is 0 Å². The molecule has 2 fully saturated rings. The molecule has 0 radical (unpaired) electrons. The van der Waals surface area contributed by atoms with E-state index in [9.17, 15) is 13.2 Å². The minimum atomic E-state index is -2.99. The molecule has 2 aliphatic rings. The van der Waals surface area contributed by atoms with E-state index in [2.05, 4.69) is 19.8 Å². The standard InChI is InChI=1S/C16H25N5O3S/c1-13(16(22)19(2)14-3-10-25(23,24)12-14)20-6-8-21(9-7-20)15-11-17-4-5-18-15/h4-5,11,13-14H,3,6-10,12H2,1-2H3/t13-,14-/m1/s1. The van der Waals surface area contributed by atoms with E-state index in [4.69, 9.17) is 0 Å².